The van der Waals surface area contributed by atoms with E-state index in [0.717, 1.165) is 0 Å². The van der Waals surface area contributed by atoms with Gasteiger partial charge in [0.25, 0.3) is 5.91 Å². The highest BCUT2D eigenvalue weighted by molar-refractivity contribution is 5.99. The van der Waals surface area contributed by atoms with E-state index < -0.39 is 17.9 Å². The second-order valence-electron chi connectivity index (χ2n) is 4.38. The van der Waals surface area contributed by atoms with E-state index in [1.807, 2.05) is 0 Å². The van der Waals surface area contributed by atoms with Crippen molar-refractivity contribution in [2.24, 2.45) is 0 Å². The van der Waals surface area contributed by atoms with Crippen molar-refractivity contribution in [3.05, 3.63) is 23.8 Å². The van der Waals surface area contributed by atoms with Gasteiger partial charge in [0.05, 0.1) is 12.7 Å². The first-order chi connectivity index (χ1) is 9.04. The van der Waals surface area contributed by atoms with Gasteiger partial charge in [0, 0.05) is 6.54 Å². The quantitative estimate of drug-likeness (QED) is 0.854. The third kappa shape index (κ3) is 2.47. The average molecular weight is 265 g/mol. The second-order valence-corrected chi connectivity index (χ2v) is 4.38. The molecule has 1 fully saturated rings. The molecule has 1 aromatic rings. The molecule has 1 amide bonds. The Morgan fingerprint density at radius 3 is 2.79 bits per heavy atom. The summed E-state index contributed by atoms with van der Waals surface area (Å²) in [6.45, 7) is 0.381. The molecule has 1 aliphatic heterocycles. The molecule has 1 aromatic carbocycles. The summed E-state index contributed by atoms with van der Waals surface area (Å²) in [5.74, 6) is -1.25. The molecule has 0 unspecified atom stereocenters. The molecule has 0 radical (unpaired) electrons. The fourth-order valence-electron chi connectivity index (χ4n) is 2.23. The number of hydrogen-bond acceptors (Lipinski definition) is 4. The van der Waals surface area contributed by atoms with E-state index in [9.17, 15) is 14.7 Å². The number of carboxylic acid groups (broad SMARTS) is 1. The number of methoxy groups -OCH3 is 1. The molecule has 2 rings (SSSR count). The number of carbonyl (C=O) groups excluding carboxylic acids is 1. The summed E-state index contributed by atoms with van der Waals surface area (Å²) in [5, 5.41) is 18.8. The highest BCUT2D eigenvalue weighted by Crippen LogP contribution is 2.27. The largest absolute Gasteiger partial charge is 0.507 e. The Hall–Kier alpha value is -2.24. The van der Waals surface area contributed by atoms with E-state index in [4.69, 9.17) is 9.84 Å². The van der Waals surface area contributed by atoms with Gasteiger partial charge in [-0.15, -0.1) is 0 Å². The van der Waals surface area contributed by atoms with Gasteiger partial charge in [0.2, 0.25) is 0 Å². The predicted molar refractivity (Wildman–Crippen MR) is 66.4 cm³/mol. The highest BCUT2D eigenvalue weighted by atomic mass is 16.5. The molecule has 1 atom stereocenters. The second kappa shape index (κ2) is 5.17. The van der Waals surface area contributed by atoms with Crippen molar-refractivity contribution in [1.82, 2.24) is 4.90 Å². The van der Waals surface area contributed by atoms with Gasteiger partial charge < -0.3 is 19.8 Å². The number of aliphatic carboxylic acids is 1. The third-order valence-corrected chi connectivity index (χ3v) is 3.23. The van der Waals surface area contributed by atoms with E-state index in [1.165, 1.54) is 30.2 Å². The molecule has 1 saturated heterocycles. The summed E-state index contributed by atoms with van der Waals surface area (Å²) in [4.78, 5) is 24.6. The van der Waals surface area contributed by atoms with Crippen LogP contribution in [0.5, 0.6) is 11.5 Å². The average Bonchev–Trinajstić information content (AvgIpc) is 2.88. The molecule has 0 aromatic heterocycles. The number of aromatic hydroxyl groups is 1. The number of amides is 1. The summed E-state index contributed by atoms with van der Waals surface area (Å²) < 4.78 is 5.00. The first-order valence-electron chi connectivity index (χ1n) is 5.95. The van der Waals surface area contributed by atoms with Gasteiger partial charge >= 0.3 is 5.97 Å². The van der Waals surface area contributed by atoms with Crippen molar-refractivity contribution in [3.63, 3.8) is 0 Å². The molecule has 2 N–H and O–H groups in total. The van der Waals surface area contributed by atoms with Gasteiger partial charge in [-0.05, 0) is 31.0 Å². The van der Waals surface area contributed by atoms with E-state index in [-0.39, 0.29) is 11.3 Å². The van der Waals surface area contributed by atoms with Crippen LogP contribution < -0.4 is 4.74 Å². The highest BCUT2D eigenvalue weighted by Gasteiger charge is 2.35. The van der Waals surface area contributed by atoms with Gasteiger partial charge in [-0.2, -0.15) is 0 Å². The van der Waals surface area contributed by atoms with Crippen molar-refractivity contribution in [3.8, 4) is 11.5 Å². The molecule has 0 bridgehead atoms. The maximum Gasteiger partial charge on any atom is 0.326 e. The van der Waals surface area contributed by atoms with Crippen molar-refractivity contribution in [1.29, 1.82) is 0 Å². The number of benzene rings is 1. The number of rotatable bonds is 3. The fourth-order valence-corrected chi connectivity index (χ4v) is 2.23. The normalized spacial score (nSPS) is 18.4. The number of ether oxygens (including phenoxy) is 1. The maximum absolute atomic E-state index is 12.3. The lowest BCUT2D eigenvalue weighted by atomic mass is 10.1. The smallest absolute Gasteiger partial charge is 0.326 e. The lowest BCUT2D eigenvalue weighted by Crippen LogP contribution is -2.40. The number of carboxylic acids is 1. The van der Waals surface area contributed by atoms with Gasteiger partial charge in [-0.1, -0.05) is 0 Å². The van der Waals surface area contributed by atoms with Crippen LogP contribution in [0.15, 0.2) is 18.2 Å². The van der Waals surface area contributed by atoms with E-state index in [0.29, 0.717) is 25.1 Å². The lowest BCUT2D eigenvalue weighted by molar-refractivity contribution is -0.141. The van der Waals surface area contributed by atoms with Crippen molar-refractivity contribution in [2.45, 2.75) is 18.9 Å². The van der Waals surface area contributed by atoms with Gasteiger partial charge in [0.1, 0.15) is 17.5 Å². The van der Waals surface area contributed by atoms with Crippen molar-refractivity contribution < 1.29 is 24.5 Å². The summed E-state index contributed by atoms with van der Waals surface area (Å²) in [6, 6.07) is 3.48. The third-order valence-electron chi connectivity index (χ3n) is 3.23. The van der Waals surface area contributed by atoms with Gasteiger partial charge in [-0.25, -0.2) is 4.79 Å². The zero-order chi connectivity index (χ0) is 14.0. The lowest BCUT2D eigenvalue weighted by Gasteiger charge is -2.22. The standard InChI is InChI=1S/C13H15NO5/c1-19-8-4-5-11(15)9(7-8)12(16)14-6-2-3-10(14)13(17)18/h4-5,7,10,15H,2-3,6H2,1H3,(H,17,18)/t10-/m1/s1. The van der Waals surface area contributed by atoms with E-state index in [1.54, 1.807) is 0 Å². The number of likely N-dealkylation sites (tertiary alicyclic amines) is 1. The van der Waals surface area contributed by atoms with Gasteiger partial charge in [0.15, 0.2) is 0 Å². The SMILES string of the molecule is COc1ccc(O)c(C(=O)N2CCC[C@@H]2C(=O)O)c1. The van der Waals surface area contributed by atoms with Crippen molar-refractivity contribution in [2.75, 3.05) is 13.7 Å². The first-order valence-corrected chi connectivity index (χ1v) is 5.95. The molecule has 0 aliphatic carbocycles. The molecule has 0 spiro atoms. The Morgan fingerprint density at radius 2 is 2.16 bits per heavy atom. The van der Waals surface area contributed by atoms with E-state index in [2.05, 4.69) is 0 Å². The monoisotopic (exact) mass is 265 g/mol. The van der Waals surface area contributed by atoms with Crippen LogP contribution in [-0.2, 0) is 4.79 Å². The number of phenols is 1. The minimum atomic E-state index is -1.02. The number of carbonyl (C=O) groups is 2. The molecular formula is C13H15NO5. The molecular weight excluding hydrogens is 250 g/mol. The Balaban J connectivity index is 2.31. The molecule has 1 heterocycles. The van der Waals surface area contributed by atoms with Crippen LogP contribution in [-0.4, -0.2) is 46.7 Å². The first kappa shape index (κ1) is 13.2. The van der Waals surface area contributed by atoms with Crippen LogP contribution >= 0.6 is 0 Å². The predicted octanol–water partition coefficient (Wildman–Crippen LogP) is 1.09. The summed E-state index contributed by atoms with van der Waals surface area (Å²) in [7, 11) is 1.45. The summed E-state index contributed by atoms with van der Waals surface area (Å²) in [5.41, 5.74) is 0.0625. The zero-order valence-electron chi connectivity index (χ0n) is 10.5. The van der Waals surface area contributed by atoms with E-state index >= 15 is 0 Å². The van der Waals surface area contributed by atoms with Crippen LogP contribution in [0.25, 0.3) is 0 Å². The van der Waals surface area contributed by atoms with Crippen molar-refractivity contribution >= 4 is 11.9 Å². The van der Waals surface area contributed by atoms with Crippen LogP contribution in [0.3, 0.4) is 0 Å². The molecule has 19 heavy (non-hydrogen) atoms. The molecule has 0 saturated carbocycles. The fraction of sp³-hybridized carbons (Fsp3) is 0.385. The minimum Gasteiger partial charge on any atom is -0.507 e. The van der Waals surface area contributed by atoms with Crippen LogP contribution in [0.1, 0.15) is 23.2 Å². The molecule has 1 aliphatic rings. The topological polar surface area (TPSA) is 87.1 Å². The molecule has 6 nitrogen and oxygen atoms in total. The van der Waals surface area contributed by atoms with Crippen LogP contribution in [0, 0.1) is 0 Å². The number of phenolic OH excluding ortho intramolecular Hbond substituents is 1. The summed E-state index contributed by atoms with van der Waals surface area (Å²) in [6.07, 6.45) is 1.08. The number of nitrogens with zero attached hydrogens (tertiary/aromatic N) is 1. The van der Waals surface area contributed by atoms with Gasteiger partial charge in [-0.3, -0.25) is 4.79 Å². The molecule has 6 heteroatoms. The minimum absolute atomic E-state index is 0.0625. The van der Waals surface area contributed by atoms with Crippen LogP contribution in [0.2, 0.25) is 0 Å². The Bertz CT molecular complexity index is 514. The Kier molecular flexibility index (Phi) is 3.59. The Morgan fingerprint density at radius 1 is 1.42 bits per heavy atom. The summed E-state index contributed by atoms with van der Waals surface area (Å²) >= 11 is 0. The zero-order valence-corrected chi connectivity index (χ0v) is 10.5. The maximum atomic E-state index is 12.3. The van der Waals surface area contributed by atoms with Crippen LogP contribution in [0.4, 0.5) is 0 Å². The number of hydrogen-bond donors (Lipinski definition) is 2. The molecule has 102 valence electrons. The Labute approximate surface area is 110 Å².